The summed E-state index contributed by atoms with van der Waals surface area (Å²) in [5, 5.41) is 9.06. The molecule has 0 radical (unpaired) electrons. The first-order chi connectivity index (χ1) is 9.81. The Morgan fingerprint density at radius 2 is 2.14 bits per heavy atom. The van der Waals surface area contributed by atoms with Crippen molar-refractivity contribution < 1.29 is 23.1 Å². The smallest absolute Gasteiger partial charge is 0.314 e. The van der Waals surface area contributed by atoms with E-state index in [2.05, 4.69) is 0 Å². The van der Waals surface area contributed by atoms with Gasteiger partial charge in [0.1, 0.15) is 5.41 Å². The molecule has 0 heterocycles. The van der Waals surface area contributed by atoms with Gasteiger partial charge in [-0.2, -0.15) is 0 Å². The van der Waals surface area contributed by atoms with E-state index in [0.29, 0.717) is 10.6 Å². The van der Waals surface area contributed by atoms with Gasteiger partial charge in [-0.15, -0.1) is 0 Å². The number of rotatable bonds is 6. The number of halogens is 1. The first kappa shape index (κ1) is 16.3. The van der Waals surface area contributed by atoms with E-state index in [4.69, 9.17) is 16.3 Å². The Kier molecular flexibility index (Phi) is 4.33. The average Bonchev–Trinajstić information content (AvgIpc) is 3.10. The van der Waals surface area contributed by atoms with Crippen molar-refractivity contribution in [1.82, 2.24) is 0 Å². The highest BCUT2D eigenvalue weighted by Gasteiger charge is 2.75. The number of aliphatic carboxylic acids is 1. The van der Waals surface area contributed by atoms with E-state index >= 15 is 0 Å². The molecule has 0 bridgehead atoms. The van der Waals surface area contributed by atoms with Crippen LogP contribution in [0.5, 0.6) is 0 Å². The van der Waals surface area contributed by atoms with Gasteiger partial charge in [0.15, 0.2) is 9.84 Å². The van der Waals surface area contributed by atoms with Crippen LogP contribution in [0.25, 0.3) is 0 Å². The number of carboxylic acid groups (broad SMARTS) is 1. The predicted molar refractivity (Wildman–Crippen MR) is 79.4 cm³/mol. The molecule has 1 aromatic carbocycles. The maximum atomic E-state index is 12.3. The zero-order valence-corrected chi connectivity index (χ0v) is 13.3. The SMILES string of the molecule is CCS(=O)(=O)[C@H]1[C@H](c2cccc(Cl)c2)[C@@]1(COC)C(=O)O. The van der Waals surface area contributed by atoms with Crippen LogP contribution in [0.4, 0.5) is 0 Å². The predicted octanol–water partition coefficient (Wildman–Crippen LogP) is 1.96. The van der Waals surface area contributed by atoms with Crippen molar-refractivity contribution in [1.29, 1.82) is 0 Å². The second-order valence-corrected chi connectivity index (χ2v) is 8.03. The molecule has 1 fully saturated rings. The molecule has 3 atom stereocenters. The fourth-order valence-electron chi connectivity index (χ4n) is 3.01. The van der Waals surface area contributed by atoms with Crippen molar-refractivity contribution in [3.63, 3.8) is 0 Å². The molecule has 0 saturated heterocycles. The van der Waals surface area contributed by atoms with Crippen molar-refractivity contribution in [3.05, 3.63) is 34.9 Å². The van der Waals surface area contributed by atoms with E-state index in [0.717, 1.165) is 0 Å². The van der Waals surface area contributed by atoms with Crippen molar-refractivity contribution in [3.8, 4) is 0 Å². The molecule has 2 rings (SSSR count). The van der Waals surface area contributed by atoms with Gasteiger partial charge in [-0.25, -0.2) is 8.42 Å². The monoisotopic (exact) mass is 332 g/mol. The lowest BCUT2D eigenvalue weighted by molar-refractivity contribution is -0.145. The standard InChI is InChI=1S/C14H17ClO5S/c1-3-21(18,19)12-11(9-5-4-6-10(15)7-9)14(12,8-20-2)13(16)17/h4-7,11-12H,3,8H2,1-2H3,(H,16,17)/t11-,12-,14+/m0/s1. The largest absolute Gasteiger partial charge is 0.481 e. The van der Waals surface area contributed by atoms with Crippen molar-refractivity contribution in [2.45, 2.75) is 18.1 Å². The van der Waals surface area contributed by atoms with Gasteiger partial charge in [0.25, 0.3) is 0 Å². The quantitative estimate of drug-likeness (QED) is 0.861. The number of benzene rings is 1. The summed E-state index contributed by atoms with van der Waals surface area (Å²) in [6.45, 7) is 1.37. The number of sulfone groups is 1. The molecule has 0 aliphatic heterocycles. The molecular formula is C14H17ClO5S. The van der Waals surface area contributed by atoms with Crippen molar-refractivity contribution in [2.75, 3.05) is 19.5 Å². The normalized spacial score (nSPS) is 28.3. The lowest BCUT2D eigenvalue weighted by Crippen LogP contribution is -2.29. The zero-order valence-electron chi connectivity index (χ0n) is 11.7. The molecule has 5 nitrogen and oxygen atoms in total. The summed E-state index contributed by atoms with van der Waals surface area (Å²) >= 11 is 5.93. The Bertz CT molecular complexity index is 657. The highest BCUT2D eigenvalue weighted by atomic mass is 35.5. The second-order valence-electron chi connectivity index (χ2n) is 5.18. The first-order valence-corrected chi connectivity index (χ1v) is 8.60. The Hall–Kier alpha value is -1.11. The Morgan fingerprint density at radius 1 is 1.48 bits per heavy atom. The highest BCUT2D eigenvalue weighted by molar-refractivity contribution is 7.92. The minimum atomic E-state index is -3.51. The Labute approximate surface area is 128 Å². The Morgan fingerprint density at radius 3 is 2.62 bits per heavy atom. The van der Waals surface area contributed by atoms with Crippen LogP contribution in [-0.4, -0.2) is 44.2 Å². The topological polar surface area (TPSA) is 80.7 Å². The number of carbonyl (C=O) groups is 1. The second kappa shape index (κ2) is 5.59. The molecule has 1 saturated carbocycles. The highest BCUT2D eigenvalue weighted by Crippen LogP contribution is 2.63. The van der Waals surface area contributed by atoms with Crippen LogP contribution in [0.1, 0.15) is 18.4 Å². The number of ether oxygens (including phenoxy) is 1. The molecule has 0 spiro atoms. The van der Waals surface area contributed by atoms with Crippen molar-refractivity contribution in [2.24, 2.45) is 5.41 Å². The third-order valence-corrected chi connectivity index (χ3v) is 6.54. The molecule has 1 aromatic rings. The maximum Gasteiger partial charge on any atom is 0.314 e. The lowest BCUT2D eigenvalue weighted by atomic mass is 10.00. The summed E-state index contributed by atoms with van der Waals surface area (Å²) in [6.07, 6.45) is 0. The molecule has 1 aliphatic rings. The van der Waals surface area contributed by atoms with E-state index in [-0.39, 0.29) is 12.4 Å². The van der Waals surface area contributed by atoms with Gasteiger partial charge in [0, 0.05) is 23.8 Å². The number of hydrogen-bond acceptors (Lipinski definition) is 4. The zero-order chi connectivity index (χ0) is 15.8. The van der Waals surface area contributed by atoms with Crippen LogP contribution in [0.3, 0.4) is 0 Å². The first-order valence-electron chi connectivity index (χ1n) is 6.50. The summed E-state index contributed by atoms with van der Waals surface area (Å²) in [4.78, 5) is 11.7. The summed E-state index contributed by atoms with van der Waals surface area (Å²) in [5.74, 6) is -1.90. The Balaban J connectivity index is 2.54. The van der Waals surface area contributed by atoms with Gasteiger partial charge in [-0.3, -0.25) is 4.79 Å². The summed E-state index contributed by atoms with van der Waals surface area (Å²) in [5.41, 5.74) is -0.821. The molecule has 1 aliphatic carbocycles. The van der Waals surface area contributed by atoms with Gasteiger partial charge in [-0.05, 0) is 17.7 Å². The molecule has 0 amide bonds. The summed E-state index contributed by atoms with van der Waals surface area (Å²) in [7, 11) is -2.15. The molecular weight excluding hydrogens is 316 g/mol. The minimum Gasteiger partial charge on any atom is -0.481 e. The van der Waals surface area contributed by atoms with E-state index in [1.165, 1.54) is 14.0 Å². The van der Waals surface area contributed by atoms with E-state index < -0.39 is 32.4 Å². The van der Waals surface area contributed by atoms with Gasteiger partial charge in [-0.1, -0.05) is 30.7 Å². The average molecular weight is 333 g/mol. The summed E-state index contributed by atoms with van der Waals surface area (Å²) < 4.78 is 29.6. The lowest BCUT2D eigenvalue weighted by Gasteiger charge is -2.11. The molecule has 7 heteroatoms. The number of methoxy groups -OCH3 is 1. The van der Waals surface area contributed by atoms with E-state index in [1.54, 1.807) is 24.3 Å². The van der Waals surface area contributed by atoms with Crippen LogP contribution < -0.4 is 0 Å². The third-order valence-electron chi connectivity index (χ3n) is 4.03. The molecule has 0 unspecified atom stereocenters. The minimum absolute atomic E-state index is 0.104. The van der Waals surface area contributed by atoms with Crippen LogP contribution in [-0.2, 0) is 19.4 Å². The van der Waals surface area contributed by atoms with Crippen LogP contribution in [0, 0.1) is 5.41 Å². The summed E-state index contributed by atoms with van der Waals surface area (Å²) in [6, 6.07) is 6.67. The number of hydrogen-bond donors (Lipinski definition) is 1. The van der Waals surface area contributed by atoms with Crippen LogP contribution in [0.2, 0.25) is 5.02 Å². The third kappa shape index (κ3) is 2.56. The fourth-order valence-corrected chi connectivity index (χ4v) is 5.26. The number of carboxylic acids is 1. The van der Waals surface area contributed by atoms with Gasteiger partial charge in [0.2, 0.25) is 0 Å². The molecule has 0 aromatic heterocycles. The maximum absolute atomic E-state index is 12.3. The molecule has 21 heavy (non-hydrogen) atoms. The van der Waals surface area contributed by atoms with Gasteiger partial charge < -0.3 is 9.84 Å². The van der Waals surface area contributed by atoms with Gasteiger partial charge in [0.05, 0.1) is 11.9 Å². The van der Waals surface area contributed by atoms with E-state index in [1.807, 2.05) is 0 Å². The van der Waals surface area contributed by atoms with Gasteiger partial charge >= 0.3 is 5.97 Å². The fraction of sp³-hybridized carbons (Fsp3) is 0.500. The van der Waals surface area contributed by atoms with Crippen LogP contribution >= 0.6 is 11.6 Å². The molecule has 116 valence electrons. The molecule has 1 N–H and O–H groups in total. The van der Waals surface area contributed by atoms with E-state index in [9.17, 15) is 18.3 Å². The van der Waals surface area contributed by atoms with Crippen molar-refractivity contribution >= 4 is 27.4 Å². The van der Waals surface area contributed by atoms with Crippen LogP contribution in [0.15, 0.2) is 24.3 Å².